The normalized spacial score (nSPS) is 12.7. The third-order valence-electron chi connectivity index (χ3n) is 2.07. The van der Waals surface area contributed by atoms with Crippen molar-refractivity contribution in [2.45, 2.75) is 6.10 Å². The number of aliphatic hydroxyl groups excluding tert-OH is 1. The van der Waals surface area contributed by atoms with Gasteiger partial charge in [0.15, 0.2) is 0 Å². The molecule has 15 heavy (non-hydrogen) atoms. The van der Waals surface area contributed by atoms with Crippen molar-refractivity contribution in [3.8, 4) is 0 Å². The van der Waals surface area contributed by atoms with Crippen molar-refractivity contribution in [3.05, 3.63) is 56.2 Å². The highest BCUT2D eigenvalue weighted by molar-refractivity contribution is 7.10. The fourth-order valence-corrected chi connectivity index (χ4v) is 2.34. The van der Waals surface area contributed by atoms with Crippen molar-refractivity contribution in [1.29, 1.82) is 0 Å². The number of aliphatic hydroxyl groups is 1. The predicted octanol–water partition coefficient (Wildman–Crippen LogP) is 4.14. The van der Waals surface area contributed by atoms with Crippen LogP contribution in [-0.2, 0) is 0 Å². The van der Waals surface area contributed by atoms with E-state index in [-0.39, 0.29) is 0 Å². The molecule has 1 aromatic carbocycles. The number of hydrogen-bond donors (Lipinski definition) is 1. The molecule has 0 saturated carbocycles. The molecule has 78 valence electrons. The zero-order valence-corrected chi connectivity index (χ0v) is 9.98. The molecule has 0 unspecified atom stereocenters. The highest BCUT2D eigenvalue weighted by Gasteiger charge is 2.12. The van der Waals surface area contributed by atoms with Gasteiger partial charge in [-0.2, -0.15) is 0 Å². The summed E-state index contributed by atoms with van der Waals surface area (Å²) in [5, 5.41) is 12.9. The molecule has 0 aliphatic carbocycles. The average molecular weight is 259 g/mol. The lowest BCUT2D eigenvalue weighted by molar-refractivity contribution is 0.224. The van der Waals surface area contributed by atoms with Crippen LogP contribution in [0, 0.1) is 0 Å². The molecule has 0 radical (unpaired) electrons. The molecule has 1 N–H and O–H groups in total. The molecule has 2 aromatic rings. The molecule has 0 aliphatic rings. The van der Waals surface area contributed by atoms with Gasteiger partial charge in [0.1, 0.15) is 6.10 Å². The van der Waals surface area contributed by atoms with Crippen molar-refractivity contribution < 1.29 is 5.11 Å². The Balaban J connectivity index is 2.34. The van der Waals surface area contributed by atoms with Crippen LogP contribution in [0.15, 0.2) is 35.7 Å². The van der Waals surface area contributed by atoms with Gasteiger partial charge >= 0.3 is 0 Å². The maximum absolute atomic E-state index is 10.0. The fourth-order valence-electron chi connectivity index (χ4n) is 1.29. The van der Waals surface area contributed by atoms with E-state index in [0.717, 1.165) is 10.4 Å². The first-order chi connectivity index (χ1) is 7.18. The number of rotatable bonds is 2. The largest absolute Gasteiger partial charge is 0.383 e. The van der Waals surface area contributed by atoms with Crippen LogP contribution in [0.25, 0.3) is 0 Å². The summed E-state index contributed by atoms with van der Waals surface area (Å²) < 4.78 is 0. The van der Waals surface area contributed by atoms with E-state index in [9.17, 15) is 5.11 Å². The molecule has 0 bridgehead atoms. The summed E-state index contributed by atoms with van der Waals surface area (Å²) >= 11 is 13.2. The van der Waals surface area contributed by atoms with Gasteiger partial charge in [0.2, 0.25) is 0 Å². The minimum atomic E-state index is -0.625. The summed E-state index contributed by atoms with van der Waals surface area (Å²) in [5.74, 6) is 0. The standard InChI is InChI=1S/C11H8Cl2OS/c12-8-4-3-7(6-9(8)13)11(14)10-2-1-5-15-10/h1-6,11,14H/t11-/m0/s1. The van der Waals surface area contributed by atoms with Crippen LogP contribution in [-0.4, -0.2) is 5.11 Å². The van der Waals surface area contributed by atoms with Crippen molar-refractivity contribution in [1.82, 2.24) is 0 Å². The van der Waals surface area contributed by atoms with Gasteiger partial charge < -0.3 is 5.11 Å². The number of hydrogen-bond acceptors (Lipinski definition) is 2. The van der Waals surface area contributed by atoms with Gasteiger partial charge in [-0.15, -0.1) is 11.3 Å². The molecule has 0 amide bonds. The van der Waals surface area contributed by atoms with Crippen molar-refractivity contribution in [2.75, 3.05) is 0 Å². The number of benzene rings is 1. The van der Waals surface area contributed by atoms with Gasteiger partial charge in [0.25, 0.3) is 0 Å². The molecule has 0 saturated heterocycles. The van der Waals surface area contributed by atoms with E-state index in [4.69, 9.17) is 23.2 Å². The first kappa shape index (κ1) is 11.0. The van der Waals surface area contributed by atoms with E-state index in [0.29, 0.717) is 10.0 Å². The molecular weight excluding hydrogens is 251 g/mol. The topological polar surface area (TPSA) is 20.2 Å². The molecule has 0 fully saturated rings. The second-order valence-corrected chi connectivity index (χ2v) is 4.89. The number of halogens is 2. The molecule has 0 spiro atoms. The Bertz CT molecular complexity index is 454. The van der Waals surface area contributed by atoms with E-state index in [1.54, 1.807) is 18.2 Å². The van der Waals surface area contributed by atoms with Crippen molar-refractivity contribution in [3.63, 3.8) is 0 Å². The molecule has 2 rings (SSSR count). The zero-order chi connectivity index (χ0) is 10.8. The molecule has 1 heterocycles. The van der Waals surface area contributed by atoms with Gasteiger partial charge in [0.05, 0.1) is 10.0 Å². The summed E-state index contributed by atoms with van der Waals surface area (Å²) in [4.78, 5) is 0.897. The van der Waals surface area contributed by atoms with Crippen LogP contribution in [0.4, 0.5) is 0 Å². The van der Waals surface area contributed by atoms with E-state index < -0.39 is 6.10 Å². The Morgan fingerprint density at radius 1 is 1.13 bits per heavy atom. The van der Waals surface area contributed by atoms with Gasteiger partial charge in [-0.25, -0.2) is 0 Å². The highest BCUT2D eigenvalue weighted by atomic mass is 35.5. The van der Waals surface area contributed by atoms with Crippen molar-refractivity contribution >= 4 is 34.5 Å². The lowest BCUT2D eigenvalue weighted by Gasteiger charge is -2.09. The van der Waals surface area contributed by atoms with Crippen LogP contribution in [0.3, 0.4) is 0 Å². The molecule has 1 nitrogen and oxygen atoms in total. The van der Waals surface area contributed by atoms with E-state index in [2.05, 4.69) is 0 Å². The van der Waals surface area contributed by atoms with E-state index >= 15 is 0 Å². The van der Waals surface area contributed by atoms with Crippen LogP contribution >= 0.6 is 34.5 Å². The van der Waals surface area contributed by atoms with Crippen LogP contribution < -0.4 is 0 Å². The Hall–Kier alpha value is -0.540. The summed E-state index contributed by atoms with van der Waals surface area (Å²) in [6, 6.07) is 8.95. The van der Waals surface area contributed by atoms with Crippen molar-refractivity contribution in [2.24, 2.45) is 0 Å². The first-order valence-corrected chi connectivity index (χ1v) is 5.98. The Kier molecular flexibility index (Phi) is 3.32. The Morgan fingerprint density at radius 3 is 2.53 bits per heavy atom. The second kappa shape index (κ2) is 4.54. The molecule has 1 atom stereocenters. The minimum absolute atomic E-state index is 0.463. The molecular formula is C11H8Cl2OS. The molecule has 1 aromatic heterocycles. The van der Waals surface area contributed by atoms with Crippen LogP contribution in [0.1, 0.15) is 16.5 Å². The van der Waals surface area contributed by atoms with Crippen LogP contribution in [0.2, 0.25) is 10.0 Å². The van der Waals surface area contributed by atoms with Gasteiger partial charge in [-0.1, -0.05) is 35.3 Å². The fraction of sp³-hybridized carbons (Fsp3) is 0.0909. The third-order valence-corrected chi connectivity index (χ3v) is 3.74. The van der Waals surface area contributed by atoms with E-state index in [1.165, 1.54) is 11.3 Å². The average Bonchev–Trinajstić information content (AvgIpc) is 2.74. The number of thiophene rings is 1. The monoisotopic (exact) mass is 258 g/mol. The summed E-state index contributed by atoms with van der Waals surface area (Å²) in [6.45, 7) is 0. The zero-order valence-electron chi connectivity index (χ0n) is 7.65. The quantitative estimate of drug-likeness (QED) is 0.859. The summed E-state index contributed by atoms with van der Waals surface area (Å²) in [5.41, 5.74) is 0.756. The smallest absolute Gasteiger partial charge is 0.113 e. The lowest BCUT2D eigenvalue weighted by atomic mass is 10.1. The first-order valence-electron chi connectivity index (χ1n) is 4.35. The van der Waals surface area contributed by atoms with Crippen LogP contribution in [0.5, 0.6) is 0 Å². The minimum Gasteiger partial charge on any atom is -0.383 e. The summed E-state index contributed by atoms with van der Waals surface area (Å²) in [7, 11) is 0. The maximum atomic E-state index is 10.0. The third kappa shape index (κ3) is 2.34. The Morgan fingerprint density at radius 2 is 1.93 bits per heavy atom. The molecule has 4 heteroatoms. The summed E-state index contributed by atoms with van der Waals surface area (Å²) in [6.07, 6.45) is -0.625. The van der Waals surface area contributed by atoms with Gasteiger partial charge in [-0.05, 0) is 29.1 Å². The maximum Gasteiger partial charge on any atom is 0.113 e. The van der Waals surface area contributed by atoms with Gasteiger partial charge in [-0.3, -0.25) is 0 Å². The van der Waals surface area contributed by atoms with Gasteiger partial charge in [0, 0.05) is 4.88 Å². The second-order valence-electron chi connectivity index (χ2n) is 3.09. The molecule has 0 aliphatic heterocycles. The highest BCUT2D eigenvalue weighted by Crippen LogP contribution is 2.30. The lowest BCUT2D eigenvalue weighted by Crippen LogP contribution is -1.96. The predicted molar refractivity (Wildman–Crippen MR) is 64.8 cm³/mol. The Labute approximate surface area is 102 Å². The SMILES string of the molecule is O[C@@H](c1ccc(Cl)c(Cl)c1)c1cccs1. The van der Waals surface area contributed by atoms with E-state index in [1.807, 2.05) is 17.5 Å².